The maximum absolute atomic E-state index is 5.50. The topological polar surface area (TPSA) is 52.1 Å². The summed E-state index contributed by atoms with van der Waals surface area (Å²) < 4.78 is 5.50. The van der Waals surface area contributed by atoms with Gasteiger partial charge in [0.1, 0.15) is 0 Å². The predicted molar refractivity (Wildman–Crippen MR) is 123 cm³/mol. The largest absolute Gasteiger partial charge is 0.379 e. The van der Waals surface area contributed by atoms with Crippen molar-refractivity contribution in [2.75, 3.05) is 59.0 Å². The fourth-order valence-corrected chi connectivity index (χ4v) is 4.84. The summed E-state index contributed by atoms with van der Waals surface area (Å²) in [7, 11) is 0. The number of nitrogens with zero attached hydrogens (tertiary/aromatic N) is 3. The molecule has 0 amide bonds. The van der Waals surface area contributed by atoms with Crippen LogP contribution >= 0.6 is 11.3 Å². The van der Waals surface area contributed by atoms with Crippen LogP contribution in [0.1, 0.15) is 38.5 Å². The molecule has 0 bridgehead atoms. The molecule has 0 atom stereocenters. The number of hydrogen-bond donors (Lipinski definition) is 2. The summed E-state index contributed by atoms with van der Waals surface area (Å²) in [5, 5.41) is 9.20. The third-order valence-electron chi connectivity index (χ3n) is 6.06. The molecule has 3 rings (SSSR count). The number of nitrogens with one attached hydrogen (secondary N) is 2. The highest BCUT2D eigenvalue weighted by Gasteiger charge is 2.28. The van der Waals surface area contributed by atoms with E-state index in [-0.39, 0.29) is 5.54 Å². The van der Waals surface area contributed by atoms with Crippen molar-refractivity contribution in [2.24, 2.45) is 10.9 Å². The Kier molecular flexibility index (Phi) is 8.78. The summed E-state index contributed by atoms with van der Waals surface area (Å²) in [4.78, 5) is 11.5. The molecule has 3 heterocycles. The minimum Gasteiger partial charge on any atom is -0.379 e. The van der Waals surface area contributed by atoms with Crippen molar-refractivity contribution < 1.29 is 4.74 Å². The molecule has 2 N–H and O–H groups in total. The number of piperidine rings is 1. The summed E-state index contributed by atoms with van der Waals surface area (Å²) in [6, 6.07) is 4.40. The number of morpholine rings is 1. The lowest BCUT2D eigenvalue weighted by Crippen LogP contribution is -2.52. The lowest BCUT2D eigenvalue weighted by molar-refractivity contribution is -0.00684. The quantitative estimate of drug-likeness (QED) is 0.499. The van der Waals surface area contributed by atoms with Crippen LogP contribution in [0.3, 0.4) is 0 Å². The third kappa shape index (κ3) is 7.24. The Morgan fingerprint density at radius 3 is 2.62 bits per heavy atom. The summed E-state index contributed by atoms with van der Waals surface area (Å²) in [6.07, 6.45) is 2.52. The molecule has 0 unspecified atom stereocenters. The monoisotopic (exact) mass is 421 g/mol. The number of ether oxygens (including phenoxy) is 1. The number of likely N-dealkylation sites (tertiary alicyclic amines) is 1. The zero-order valence-corrected chi connectivity index (χ0v) is 19.3. The molecule has 0 radical (unpaired) electrons. The maximum Gasteiger partial charge on any atom is 0.191 e. The number of guanidine groups is 1. The van der Waals surface area contributed by atoms with Gasteiger partial charge in [0.25, 0.3) is 0 Å². The normalized spacial score (nSPS) is 20.7. The maximum atomic E-state index is 5.50. The van der Waals surface area contributed by atoms with Crippen molar-refractivity contribution in [3.05, 3.63) is 22.4 Å². The van der Waals surface area contributed by atoms with Gasteiger partial charge in [-0.3, -0.25) is 14.8 Å². The average molecular weight is 422 g/mol. The van der Waals surface area contributed by atoms with Crippen LogP contribution in [0.5, 0.6) is 0 Å². The first-order valence-electron chi connectivity index (χ1n) is 11.2. The molecule has 1 aromatic heterocycles. The van der Waals surface area contributed by atoms with Crippen molar-refractivity contribution >= 4 is 17.3 Å². The summed E-state index contributed by atoms with van der Waals surface area (Å²) in [5.41, 5.74) is 0.0548. The van der Waals surface area contributed by atoms with E-state index in [1.165, 1.54) is 30.8 Å². The molecule has 164 valence electrons. The molecule has 0 aromatic carbocycles. The van der Waals surface area contributed by atoms with Gasteiger partial charge in [-0.05, 0) is 64.1 Å². The van der Waals surface area contributed by atoms with Crippen molar-refractivity contribution in [3.63, 3.8) is 0 Å². The molecule has 0 aliphatic carbocycles. The minimum absolute atomic E-state index is 0.0548. The minimum atomic E-state index is 0.0548. The van der Waals surface area contributed by atoms with Gasteiger partial charge in [0.2, 0.25) is 0 Å². The average Bonchev–Trinajstić information content (AvgIpc) is 3.25. The van der Waals surface area contributed by atoms with Crippen LogP contribution in [-0.4, -0.2) is 80.3 Å². The molecule has 2 saturated heterocycles. The van der Waals surface area contributed by atoms with E-state index in [9.17, 15) is 0 Å². The molecular formula is C22H39N5OS. The van der Waals surface area contributed by atoms with Crippen molar-refractivity contribution in [1.29, 1.82) is 0 Å². The van der Waals surface area contributed by atoms with Gasteiger partial charge in [-0.2, -0.15) is 0 Å². The number of rotatable bonds is 8. The predicted octanol–water partition coefficient (Wildman–Crippen LogP) is 2.63. The number of thiophene rings is 1. The fourth-order valence-electron chi connectivity index (χ4n) is 4.10. The standard InChI is InChI=1S/C22H39N5OS/c1-4-23-21(25-18-22(2,3)27-11-13-28-14-12-27)24-16-19-7-9-26(10-8-19)17-20-6-5-15-29-20/h5-6,15,19H,4,7-14,16-18H2,1-3H3,(H2,23,24,25). The molecule has 7 heteroatoms. The van der Waals surface area contributed by atoms with Gasteiger partial charge in [-0.25, -0.2) is 0 Å². The zero-order chi connectivity index (χ0) is 20.5. The molecule has 0 saturated carbocycles. The van der Waals surface area contributed by atoms with Gasteiger partial charge >= 0.3 is 0 Å². The highest BCUT2D eigenvalue weighted by molar-refractivity contribution is 7.09. The lowest BCUT2D eigenvalue weighted by Gasteiger charge is -2.40. The second-order valence-corrected chi connectivity index (χ2v) is 9.82. The summed E-state index contributed by atoms with van der Waals surface area (Å²) in [6.45, 7) is 16.6. The molecule has 2 aliphatic rings. The van der Waals surface area contributed by atoms with Gasteiger partial charge in [0.05, 0.1) is 19.8 Å². The zero-order valence-electron chi connectivity index (χ0n) is 18.5. The van der Waals surface area contributed by atoms with Crippen molar-refractivity contribution in [2.45, 2.75) is 45.7 Å². The van der Waals surface area contributed by atoms with E-state index in [1.807, 2.05) is 11.3 Å². The Balaban J connectivity index is 1.42. The van der Waals surface area contributed by atoms with Crippen LogP contribution in [0.4, 0.5) is 0 Å². The summed E-state index contributed by atoms with van der Waals surface area (Å²) >= 11 is 1.87. The first-order valence-corrected chi connectivity index (χ1v) is 12.0. The highest BCUT2D eigenvalue weighted by atomic mass is 32.1. The number of aliphatic imine (C=N–C) groups is 1. The van der Waals surface area contributed by atoms with E-state index in [0.29, 0.717) is 0 Å². The van der Waals surface area contributed by atoms with E-state index in [2.05, 4.69) is 58.7 Å². The smallest absolute Gasteiger partial charge is 0.191 e. The second kappa shape index (κ2) is 11.3. The van der Waals surface area contributed by atoms with E-state index in [0.717, 1.165) is 64.4 Å². The van der Waals surface area contributed by atoms with Crippen LogP contribution in [-0.2, 0) is 11.3 Å². The van der Waals surface area contributed by atoms with Gasteiger partial charge < -0.3 is 15.4 Å². The van der Waals surface area contributed by atoms with Gasteiger partial charge in [0.15, 0.2) is 5.96 Å². The Labute approximate surface area is 180 Å². The van der Waals surface area contributed by atoms with Crippen molar-refractivity contribution in [1.82, 2.24) is 20.4 Å². The Morgan fingerprint density at radius 2 is 1.97 bits per heavy atom. The molecule has 29 heavy (non-hydrogen) atoms. The second-order valence-electron chi connectivity index (χ2n) is 8.79. The molecule has 1 aromatic rings. The van der Waals surface area contributed by atoms with E-state index in [1.54, 1.807) is 0 Å². The summed E-state index contributed by atoms with van der Waals surface area (Å²) in [5.74, 6) is 1.68. The van der Waals surface area contributed by atoms with Crippen LogP contribution in [0.2, 0.25) is 0 Å². The molecular weight excluding hydrogens is 382 g/mol. The lowest BCUT2D eigenvalue weighted by atomic mass is 9.97. The molecule has 0 spiro atoms. The van der Waals surface area contributed by atoms with Crippen LogP contribution in [0.25, 0.3) is 0 Å². The first-order chi connectivity index (χ1) is 14.1. The molecule has 2 fully saturated rings. The fraction of sp³-hybridized carbons (Fsp3) is 0.773. The molecule has 6 nitrogen and oxygen atoms in total. The number of hydrogen-bond acceptors (Lipinski definition) is 5. The van der Waals surface area contributed by atoms with E-state index in [4.69, 9.17) is 9.73 Å². The van der Waals surface area contributed by atoms with E-state index >= 15 is 0 Å². The highest BCUT2D eigenvalue weighted by Crippen LogP contribution is 2.20. The van der Waals surface area contributed by atoms with Crippen LogP contribution in [0.15, 0.2) is 22.5 Å². The van der Waals surface area contributed by atoms with Crippen molar-refractivity contribution in [3.8, 4) is 0 Å². The Hall–Kier alpha value is -1.15. The van der Waals surface area contributed by atoms with Gasteiger partial charge in [-0.15, -0.1) is 11.3 Å². The Bertz CT molecular complexity index is 605. The van der Waals surface area contributed by atoms with Crippen LogP contribution < -0.4 is 10.6 Å². The third-order valence-corrected chi connectivity index (χ3v) is 6.92. The van der Waals surface area contributed by atoms with E-state index < -0.39 is 0 Å². The van der Waals surface area contributed by atoms with Crippen LogP contribution in [0, 0.1) is 5.92 Å². The van der Waals surface area contributed by atoms with Gasteiger partial charge in [-0.1, -0.05) is 6.07 Å². The SMILES string of the molecule is CCNC(=NCC(C)(C)N1CCOCC1)NCC1CCN(Cc2cccs2)CC1. The Morgan fingerprint density at radius 1 is 1.21 bits per heavy atom. The molecule has 2 aliphatic heterocycles. The van der Waals surface area contributed by atoms with Gasteiger partial charge in [0, 0.05) is 43.1 Å². The first kappa shape index (κ1) is 22.5.